The van der Waals surface area contributed by atoms with E-state index in [4.69, 9.17) is 4.74 Å². The van der Waals surface area contributed by atoms with Crippen LogP contribution in [0.2, 0.25) is 0 Å². The van der Waals surface area contributed by atoms with Crippen LogP contribution in [0, 0.1) is 13.8 Å². The molecule has 1 unspecified atom stereocenters. The summed E-state index contributed by atoms with van der Waals surface area (Å²) in [5, 5.41) is 7.62. The van der Waals surface area contributed by atoms with Crippen molar-refractivity contribution in [2.45, 2.75) is 64.1 Å². The molecule has 0 radical (unpaired) electrons. The molecule has 0 spiro atoms. The Balaban J connectivity index is 0.00000140. The molecular formula is C32H42Cl3N3O. The van der Waals surface area contributed by atoms with Gasteiger partial charge in [-0.1, -0.05) is 60.7 Å². The first kappa shape index (κ1) is 31.6. The smallest absolute Gasteiger partial charge is 0.127 e. The van der Waals surface area contributed by atoms with E-state index < -0.39 is 0 Å². The molecule has 2 N–H and O–H groups in total. The molecule has 6 rings (SSSR count). The highest BCUT2D eigenvalue weighted by Crippen LogP contribution is 2.46. The molecule has 0 bridgehead atoms. The number of fused-ring (bicyclic) bond motifs is 2. The summed E-state index contributed by atoms with van der Waals surface area (Å²) in [5.74, 6) is 1.17. The van der Waals surface area contributed by atoms with Crippen molar-refractivity contribution in [3.05, 3.63) is 94.0 Å². The SMILES string of the molecule is Cc1c2c(c(C)c3c1NCC3)OC(C)(CN1CCC(NC(c3ccccc3)c3ccccc3)CC1)C2.Cl.Cl.Cl. The van der Waals surface area contributed by atoms with E-state index in [2.05, 4.69) is 97.0 Å². The van der Waals surface area contributed by atoms with Gasteiger partial charge in [0.15, 0.2) is 0 Å². The van der Waals surface area contributed by atoms with E-state index in [-0.39, 0.29) is 48.9 Å². The number of nitrogens with one attached hydrogen (secondary N) is 2. The van der Waals surface area contributed by atoms with E-state index in [1.807, 2.05) is 0 Å². The number of piperidine rings is 1. The van der Waals surface area contributed by atoms with Crippen molar-refractivity contribution in [1.29, 1.82) is 0 Å². The monoisotopic (exact) mass is 589 g/mol. The van der Waals surface area contributed by atoms with Gasteiger partial charge < -0.3 is 15.4 Å². The fourth-order valence-corrected chi connectivity index (χ4v) is 6.70. The van der Waals surface area contributed by atoms with Crippen LogP contribution in [0.4, 0.5) is 5.69 Å². The Kier molecular flexibility index (Phi) is 10.6. The van der Waals surface area contributed by atoms with Crippen LogP contribution in [0.5, 0.6) is 5.75 Å². The van der Waals surface area contributed by atoms with E-state index in [0.717, 1.165) is 51.9 Å². The van der Waals surface area contributed by atoms with E-state index in [1.54, 1.807) is 0 Å². The number of halogens is 3. The third-order valence-electron chi connectivity index (χ3n) is 8.59. The highest BCUT2D eigenvalue weighted by molar-refractivity contribution is 5.86. The van der Waals surface area contributed by atoms with Gasteiger partial charge in [0, 0.05) is 36.8 Å². The van der Waals surface area contributed by atoms with Crippen LogP contribution < -0.4 is 15.4 Å². The molecule has 1 atom stereocenters. The number of nitrogens with zero attached hydrogens (tertiary/aromatic N) is 1. The summed E-state index contributed by atoms with van der Waals surface area (Å²) in [4.78, 5) is 2.63. The molecule has 0 aliphatic carbocycles. The number of rotatable bonds is 6. The Bertz CT molecular complexity index is 1150. The first-order valence-corrected chi connectivity index (χ1v) is 13.7. The van der Waals surface area contributed by atoms with Crippen molar-refractivity contribution in [3.8, 4) is 5.75 Å². The quantitative estimate of drug-likeness (QED) is 0.322. The molecule has 7 heteroatoms. The lowest BCUT2D eigenvalue weighted by Crippen LogP contribution is -2.50. The second-order valence-electron chi connectivity index (χ2n) is 11.3. The highest BCUT2D eigenvalue weighted by atomic mass is 35.5. The third kappa shape index (κ3) is 6.36. The second-order valence-corrected chi connectivity index (χ2v) is 11.3. The van der Waals surface area contributed by atoms with Crippen molar-refractivity contribution in [2.75, 3.05) is 31.5 Å². The molecule has 0 aromatic heterocycles. The predicted octanol–water partition coefficient (Wildman–Crippen LogP) is 7.07. The topological polar surface area (TPSA) is 36.5 Å². The second kappa shape index (κ2) is 13.1. The van der Waals surface area contributed by atoms with Crippen LogP contribution in [0.25, 0.3) is 0 Å². The molecule has 39 heavy (non-hydrogen) atoms. The molecule has 1 saturated heterocycles. The third-order valence-corrected chi connectivity index (χ3v) is 8.59. The number of hydrogen-bond acceptors (Lipinski definition) is 4. The predicted molar refractivity (Wildman–Crippen MR) is 170 cm³/mol. The molecule has 212 valence electrons. The summed E-state index contributed by atoms with van der Waals surface area (Å²) < 4.78 is 6.76. The van der Waals surface area contributed by atoms with Crippen LogP contribution in [0.15, 0.2) is 60.7 Å². The molecule has 3 aliphatic rings. The maximum Gasteiger partial charge on any atom is 0.127 e. The zero-order chi connectivity index (χ0) is 24.7. The zero-order valence-corrected chi connectivity index (χ0v) is 25.6. The summed E-state index contributed by atoms with van der Waals surface area (Å²) >= 11 is 0. The summed E-state index contributed by atoms with van der Waals surface area (Å²) in [6.45, 7) is 11.1. The van der Waals surface area contributed by atoms with E-state index in [0.29, 0.717) is 6.04 Å². The highest BCUT2D eigenvalue weighted by Gasteiger charge is 2.40. The van der Waals surface area contributed by atoms with Gasteiger partial charge in [-0.2, -0.15) is 0 Å². The molecule has 0 saturated carbocycles. The van der Waals surface area contributed by atoms with Crippen LogP contribution in [-0.2, 0) is 12.8 Å². The Hall–Kier alpha value is -1.95. The van der Waals surface area contributed by atoms with E-state index >= 15 is 0 Å². The lowest BCUT2D eigenvalue weighted by molar-refractivity contribution is 0.0501. The summed E-state index contributed by atoms with van der Waals surface area (Å²) in [5.41, 5.74) is 9.55. The Morgan fingerprint density at radius 3 is 2.08 bits per heavy atom. The van der Waals surface area contributed by atoms with Gasteiger partial charge in [-0.15, -0.1) is 37.2 Å². The van der Waals surface area contributed by atoms with Crippen LogP contribution in [0.1, 0.15) is 59.2 Å². The Morgan fingerprint density at radius 1 is 0.897 bits per heavy atom. The fourth-order valence-electron chi connectivity index (χ4n) is 6.70. The number of likely N-dealkylation sites (tertiary alicyclic amines) is 1. The average molecular weight is 591 g/mol. The average Bonchev–Trinajstić information content (AvgIpc) is 3.54. The first-order chi connectivity index (χ1) is 17.5. The Labute approximate surface area is 252 Å². The summed E-state index contributed by atoms with van der Waals surface area (Å²) in [6.07, 6.45) is 4.44. The van der Waals surface area contributed by atoms with Gasteiger partial charge in [-0.25, -0.2) is 0 Å². The van der Waals surface area contributed by atoms with Crippen LogP contribution in [-0.4, -0.2) is 42.7 Å². The lowest BCUT2D eigenvalue weighted by atomic mass is 9.91. The number of benzene rings is 3. The van der Waals surface area contributed by atoms with Gasteiger partial charge in [0.1, 0.15) is 11.4 Å². The maximum atomic E-state index is 6.76. The number of hydrogen-bond donors (Lipinski definition) is 2. The normalized spacial score (nSPS) is 20.1. The molecule has 3 aliphatic heterocycles. The number of ether oxygens (including phenoxy) is 1. The molecule has 3 aromatic carbocycles. The van der Waals surface area contributed by atoms with Gasteiger partial charge >= 0.3 is 0 Å². The van der Waals surface area contributed by atoms with Crippen molar-refractivity contribution >= 4 is 42.9 Å². The molecule has 3 heterocycles. The van der Waals surface area contributed by atoms with Crippen molar-refractivity contribution in [1.82, 2.24) is 10.2 Å². The van der Waals surface area contributed by atoms with Gasteiger partial charge in [0.05, 0.1) is 6.04 Å². The molecule has 1 fully saturated rings. The summed E-state index contributed by atoms with van der Waals surface area (Å²) in [6, 6.07) is 22.5. The largest absolute Gasteiger partial charge is 0.485 e. The summed E-state index contributed by atoms with van der Waals surface area (Å²) in [7, 11) is 0. The number of anilines is 1. The maximum absolute atomic E-state index is 6.76. The van der Waals surface area contributed by atoms with Gasteiger partial charge in [-0.3, -0.25) is 4.90 Å². The fraction of sp³-hybridized carbons (Fsp3) is 0.438. The lowest BCUT2D eigenvalue weighted by Gasteiger charge is -2.38. The zero-order valence-electron chi connectivity index (χ0n) is 23.2. The molecule has 3 aromatic rings. The Morgan fingerprint density at radius 2 is 1.49 bits per heavy atom. The minimum atomic E-state index is -0.149. The van der Waals surface area contributed by atoms with Gasteiger partial charge in [0.25, 0.3) is 0 Å². The van der Waals surface area contributed by atoms with Crippen molar-refractivity contribution < 1.29 is 4.74 Å². The first-order valence-electron chi connectivity index (χ1n) is 13.7. The van der Waals surface area contributed by atoms with E-state index in [9.17, 15) is 0 Å². The van der Waals surface area contributed by atoms with Crippen LogP contribution >= 0.6 is 37.2 Å². The van der Waals surface area contributed by atoms with Gasteiger partial charge in [0.2, 0.25) is 0 Å². The van der Waals surface area contributed by atoms with Crippen molar-refractivity contribution in [2.24, 2.45) is 0 Å². The van der Waals surface area contributed by atoms with Crippen molar-refractivity contribution in [3.63, 3.8) is 0 Å². The molecular weight excluding hydrogens is 549 g/mol. The van der Waals surface area contributed by atoms with Gasteiger partial charge in [-0.05, 0) is 80.9 Å². The van der Waals surface area contributed by atoms with E-state index in [1.165, 1.54) is 44.8 Å². The van der Waals surface area contributed by atoms with Crippen LogP contribution in [0.3, 0.4) is 0 Å². The molecule has 0 amide bonds. The minimum Gasteiger partial charge on any atom is -0.485 e. The minimum absolute atomic E-state index is 0. The standard InChI is InChI=1S/C32H39N3O.3ClH/c1-22-28-20-32(3,36-31(28)23(2)27-14-17-33-29(22)27)21-35-18-15-26(16-19-35)34-30(24-10-6-4-7-11-24)25-12-8-5-9-13-25;;;/h4-13,26,30,33-34H,14-21H2,1-3H3;3*1H. The molecule has 4 nitrogen and oxygen atoms in total.